The molecule has 2 bridgehead atoms. The molecule has 0 unspecified atom stereocenters. The highest BCUT2D eigenvalue weighted by Gasteiger charge is 2.68. The number of aliphatic hydroxyl groups is 1. The number of phenolic OH excluding ortho intramolecular Hbond substituents is 1. The van der Waals surface area contributed by atoms with Gasteiger partial charge < -0.3 is 15.5 Å². The first kappa shape index (κ1) is 21.5. The van der Waals surface area contributed by atoms with E-state index in [4.69, 9.17) is 11.6 Å². The van der Waals surface area contributed by atoms with Gasteiger partial charge in [-0.3, -0.25) is 9.69 Å². The first-order valence-electron chi connectivity index (χ1n) is 12.2. The van der Waals surface area contributed by atoms with Crippen molar-refractivity contribution in [2.45, 2.75) is 62.1 Å². The van der Waals surface area contributed by atoms with Crippen molar-refractivity contribution in [3.63, 3.8) is 0 Å². The van der Waals surface area contributed by atoms with Crippen molar-refractivity contribution >= 4 is 17.5 Å². The molecular weight excluding hydrogens is 436 g/mol. The number of likely N-dealkylation sites (tertiary alicyclic amines) is 1. The Kier molecular flexibility index (Phi) is 5.02. The SMILES string of the molecule is O=C(NCc1cccc(Cl)c1)[C@@H]1C[C@]23CCN(CC4CC4)[C@H](Cc4ccc(O)cc42)[C@]3(O)C1. The van der Waals surface area contributed by atoms with Crippen LogP contribution in [0.3, 0.4) is 0 Å². The molecule has 1 aliphatic heterocycles. The smallest absolute Gasteiger partial charge is 0.223 e. The van der Waals surface area contributed by atoms with Crippen LogP contribution in [0.5, 0.6) is 5.75 Å². The van der Waals surface area contributed by atoms with Gasteiger partial charge in [-0.1, -0.05) is 29.8 Å². The summed E-state index contributed by atoms with van der Waals surface area (Å²) in [5.41, 5.74) is 1.79. The summed E-state index contributed by atoms with van der Waals surface area (Å²) in [6.07, 6.45) is 5.25. The summed E-state index contributed by atoms with van der Waals surface area (Å²) < 4.78 is 0. The zero-order valence-corrected chi connectivity index (χ0v) is 19.5. The summed E-state index contributed by atoms with van der Waals surface area (Å²) in [6.45, 7) is 2.41. The third-order valence-electron chi connectivity index (χ3n) is 8.74. The first-order valence-corrected chi connectivity index (χ1v) is 12.6. The van der Waals surface area contributed by atoms with Crippen LogP contribution in [-0.4, -0.2) is 45.8 Å². The van der Waals surface area contributed by atoms with Gasteiger partial charge in [0.2, 0.25) is 5.91 Å². The normalized spacial score (nSPS) is 32.8. The van der Waals surface area contributed by atoms with Crippen molar-refractivity contribution in [3.8, 4) is 5.75 Å². The van der Waals surface area contributed by atoms with E-state index in [9.17, 15) is 15.0 Å². The van der Waals surface area contributed by atoms with E-state index in [1.54, 1.807) is 6.07 Å². The number of phenols is 1. The molecule has 4 atom stereocenters. The lowest BCUT2D eigenvalue weighted by molar-refractivity contribution is -0.134. The number of fused-ring (bicyclic) bond motifs is 1. The Hall–Kier alpha value is -2.08. The topological polar surface area (TPSA) is 72.8 Å². The van der Waals surface area contributed by atoms with E-state index in [2.05, 4.69) is 10.2 Å². The van der Waals surface area contributed by atoms with Crippen molar-refractivity contribution in [1.82, 2.24) is 10.2 Å². The zero-order valence-electron chi connectivity index (χ0n) is 18.8. The van der Waals surface area contributed by atoms with Crippen LogP contribution in [0.1, 0.15) is 48.8 Å². The summed E-state index contributed by atoms with van der Waals surface area (Å²) >= 11 is 6.09. The second-order valence-electron chi connectivity index (χ2n) is 10.7. The van der Waals surface area contributed by atoms with Crippen LogP contribution < -0.4 is 5.32 Å². The van der Waals surface area contributed by atoms with Crippen LogP contribution in [0.2, 0.25) is 5.02 Å². The molecule has 2 saturated carbocycles. The number of nitrogens with zero attached hydrogens (tertiary/aromatic N) is 1. The summed E-state index contributed by atoms with van der Waals surface area (Å²) in [7, 11) is 0. The van der Waals surface area contributed by atoms with E-state index in [0.717, 1.165) is 43.0 Å². The molecule has 0 aromatic heterocycles. The molecule has 0 spiro atoms. The molecule has 3 fully saturated rings. The Bertz CT molecular complexity index is 1100. The average molecular weight is 467 g/mol. The fourth-order valence-corrected chi connectivity index (χ4v) is 7.21. The third kappa shape index (κ3) is 3.48. The molecule has 2 aromatic carbocycles. The predicted molar refractivity (Wildman–Crippen MR) is 127 cm³/mol. The molecule has 6 heteroatoms. The van der Waals surface area contributed by atoms with Gasteiger partial charge in [-0.2, -0.15) is 0 Å². The van der Waals surface area contributed by atoms with Crippen molar-refractivity contribution in [2.24, 2.45) is 11.8 Å². The third-order valence-corrected chi connectivity index (χ3v) is 8.97. The van der Waals surface area contributed by atoms with Gasteiger partial charge in [-0.15, -0.1) is 0 Å². The maximum absolute atomic E-state index is 13.3. The summed E-state index contributed by atoms with van der Waals surface area (Å²) in [5.74, 6) is 0.720. The monoisotopic (exact) mass is 466 g/mol. The van der Waals surface area contributed by atoms with Gasteiger partial charge >= 0.3 is 0 Å². The minimum atomic E-state index is -0.959. The highest BCUT2D eigenvalue weighted by Crippen LogP contribution is 2.62. The van der Waals surface area contributed by atoms with E-state index in [1.807, 2.05) is 36.4 Å². The lowest BCUT2D eigenvalue weighted by atomic mass is 9.56. The number of hydrogen-bond donors (Lipinski definition) is 3. The summed E-state index contributed by atoms with van der Waals surface area (Å²) in [4.78, 5) is 15.8. The second-order valence-corrected chi connectivity index (χ2v) is 11.1. The van der Waals surface area contributed by atoms with Crippen molar-refractivity contribution in [2.75, 3.05) is 13.1 Å². The molecule has 6 rings (SSSR count). The molecule has 4 aliphatic rings. The van der Waals surface area contributed by atoms with Crippen LogP contribution in [0.15, 0.2) is 42.5 Å². The first-order chi connectivity index (χ1) is 15.9. The largest absolute Gasteiger partial charge is 0.508 e. The van der Waals surface area contributed by atoms with Gasteiger partial charge in [0.05, 0.1) is 5.60 Å². The van der Waals surface area contributed by atoms with E-state index in [0.29, 0.717) is 24.4 Å². The van der Waals surface area contributed by atoms with E-state index < -0.39 is 11.0 Å². The standard InChI is InChI=1S/C27H31ClN2O3/c28-21-3-1-2-18(10-21)15-29-25(32)20-13-26-8-9-30(16-17-4-5-17)24(27(26,33)14-20)11-19-6-7-22(31)12-23(19)26/h1-3,6-7,10,12,17,20,24,31,33H,4-5,8-9,11,13-16H2,(H,29,32)/t20-,24-,26-,27-/m1/s1. The van der Waals surface area contributed by atoms with Crippen molar-refractivity contribution in [3.05, 3.63) is 64.2 Å². The molecule has 5 nitrogen and oxygen atoms in total. The van der Waals surface area contributed by atoms with Crippen LogP contribution in [0, 0.1) is 11.8 Å². The quantitative estimate of drug-likeness (QED) is 0.627. The minimum absolute atomic E-state index is 0.00623. The number of amides is 1. The van der Waals surface area contributed by atoms with Crippen LogP contribution in [0.25, 0.3) is 0 Å². The zero-order chi connectivity index (χ0) is 22.8. The van der Waals surface area contributed by atoms with E-state index >= 15 is 0 Å². The fraction of sp³-hybridized carbons (Fsp3) is 0.519. The average Bonchev–Trinajstić information content (AvgIpc) is 3.53. The number of halogens is 1. The molecule has 1 amide bonds. The second kappa shape index (κ2) is 7.72. The van der Waals surface area contributed by atoms with Gasteiger partial charge in [0, 0.05) is 35.5 Å². The molecule has 1 saturated heterocycles. The lowest BCUT2D eigenvalue weighted by Gasteiger charge is -2.59. The number of hydrogen-bond acceptors (Lipinski definition) is 4. The van der Waals surface area contributed by atoms with E-state index in [-0.39, 0.29) is 23.6 Å². The molecular formula is C27H31ClN2O3. The Morgan fingerprint density at radius 2 is 2.03 bits per heavy atom. The van der Waals surface area contributed by atoms with Gasteiger partial charge in [0.15, 0.2) is 0 Å². The number of carbonyl (C=O) groups is 1. The van der Waals surface area contributed by atoms with Gasteiger partial charge in [0.1, 0.15) is 5.75 Å². The van der Waals surface area contributed by atoms with Crippen molar-refractivity contribution in [1.29, 1.82) is 0 Å². The van der Waals surface area contributed by atoms with Crippen LogP contribution in [0.4, 0.5) is 0 Å². The molecule has 3 aliphatic carbocycles. The number of rotatable bonds is 5. The number of aromatic hydroxyl groups is 1. The Labute approximate surface area is 199 Å². The molecule has 33 heavy (non-hydrogen) atoms. The number of benzene rings is 2. The molecule has 1 heterocycles. The Balaban J connectivity index is 1.30. The molecule has 3 N–H and O–H groups in total. The maximum atomic E-state index is 13.3. The number of nitrogens with one attached hydrogen (secondary N) is 1. The Morgan fingerprint density at radius 3 is 2.82 bits per heavy atom. The number of carbonyl (C=O) groups excluding carboxylic acids is 1. The van der Waals surface area contributed by atoms with E-state index in [1.165, 1.54) is 18.4 Å². The molecule has 2 aromatic rings. The molecule has 0 radical (unpaired) electrons. The van der Waals surface area contributed by atoms with Crippen LogP contribution in [-0.2, 0) is 23.2 Å². The van der Waals surface area contributed by atoms with Crippen LogP contribution >= 0.6 is 11.6 Å². The van der Waals surface area contributed by atoms with Gasteiger partial charge in [0.25, 0.3) is 0 Å². The Morgan fingerprint density at radius 1 is 1.18 bits per heavy atom. The minimum Gasteiger partial charge on any atom is -0.508 e. The highest BCUT2D eigenvalue weighted by atomic mass is 35.5. The predicted octanol–water partition coefficient (Wildman–Crippen LogP) is 3.78. The summed E-state index contributed by atoms with van der Waals surface area (Å²) in [5, 5.41) is 26.4. The van der Waals surface area contributed by atoms with Gasteiger partial charge in [-0.05, 0) is 91.9 Å². The fourth-order valence-electron chi connectivity index (χ4n) is 6.99. The van der Waals surface area contributed by atoms with Crippen molar-refractivity contribution < 1.29 is 15.0 Å². The lowest BCUT2D eigenvalue weighted by Crippen LogP contribution is -2.69. The molecule has 174 valence electrons. The van der Waals surface area contributed by atoms with Gasteiger partial charge in [-0.25, -0.2) is 0 Å². The highest BCUT2D eigenvalue weighted by molar-refractivity contribution is 6.30. The summed E-state index contributed by atoms with van der Waals surface area (Å²) in [6, 6.07) is 13.2. The number of piperidine rings is 1. The maximum Gasteiger partial charge on any atom is 0.223 e.